The van der Waals surface area contributed by atoms with Crippen molar-refractivity contribution in [2.45, 2.75) is 0 Å². The van der Waals surface area contributed by atoms with E-state index in [2.05, 4.69) is 36.4 Å². The van der Waals surface area contributed by atoms with E-state index in [4.69, 9.17) is 9.26 Å². The van der Waals surface area contributed by atoms with E-state index >= 15 is 0 Å². The molecule has 2 aromatic heterocycles. The van der Waals surface area contributed by atoms with Crippen LogP contribution in [0.4, 0.5) is 6.01 Å². The van der Waals surface area contributed by atoms with Crippen LogP contribution in [0.2, 0.25) is 0 Å². The molecule has 0 aliphatic rings. The number of methoxy groups -OCH3 is 1. The van der Waals surface area contributed by atoms with Gasteiger partial charge in [-0.3, -0.25) is 0 Å². The molecule has 0 bridgehead atoms. The average Bonchev–Trinajstić information content (AvgIpc) is 2.95. The summed E-state index contributed by atoms with van der Waals surface area (Å²) in [7, 11) is 1.64. The Labute approximate surface area is 129 Å². The van der Waals surface area contributed by atoms with Crippen molar-refractivity contribution in [1.29, 1.82) is 0 Å². The fourth-order valence-electron chi connectivity index (χ4n) is 1.90. The van der Waals surface area contributed by atoms with Gasteiger partial charge in [0.15, 0.2) is 0 Å². The van der Waals surface area contributed by atoms with Gasteiger partial charge in [0, 0.05) is 23.5 Å². The first-order valence-electron chi connectivity index (χ1n) is 6.40. The molecule has 0 spiro atoms. The molecule has 0 unspecified atom stereocenters. The number of pyridine rings is 1. The molecule has 0 aliphatic heterocycles. The third kappa shape index (κ3) is 3.03. The van der Waals surface area contributed by atoms with E-state index in [-0.39, 0.29) is 0 Å². The second-order valence-corrected chi connectivity index (χ2v) is 5.21. The molecule has 1 aromatic carbocycles. The fourth-order valence-corrected chi connectivity index (χ4v) is 2.41. The number of ether oxygens (including phenoxy) is 1. The molecule has 0 atom stereocenters. The molecule has 0 fully saturated rings. The van der Waals surface area contributed by atoms with Gasteiger partial charge >= 0.3 is 6.01 Å². The van der Waals surface area contributed by atoms with Crippen molar-refractivity contribution in [3.05, 3.63) is 34.8 Å². The van der Waals surface area contributed by atoms with Crippen LogP contribution in [0.3, 0.4) is 0 Å². The van der Waals surface area contributed by atoms with Crippen molar-refractivity contribution in [2.24, 2.45) is 0 Å². The third-order valence-corrected chi connectivity index (χ3v) is 3.50. The summed E-state index contributed by atoms with van der Waals surface area (Å²) in [5.74, 6) is 0.438. The Bertz CT molecular complexity index is 760. The number of hydrogen-bond donors (Lipinski definition) is 1. The summed E-state index contributed by atoms with van der Waals surface area (Å²) < 4.78 is 10.9. The van der Waals surface area contributed by atoms with E-state index in [0.717, 1.165) is 15.4 Å². The monoisotopic (exact) mass is 348 g/mol. The van der Waals surface area contributed by atoms with Crippen LogP contribution in [0.25, 0.3) is 22.4 Å². The normalized spacial score (nSPS) is 11.0. The van der Waals surface area contributed by atoms with Gasteiger partial charge in [-0.2, -0.15) is 4.98 Å². The molecule has 7 heteroatoms. The number of halogens is 1. The molecule has 0 aliphatic carbocycles. The molecule has 0 amide bonds. The first-order valence-corrected chi connectivity index (χ1v) is 7.19. The molecular weight excluding hydrogens is 336 g/mol. The van der Waals surface area contributed by atoms with Gasteiger partial charge in [-0.05, 0) is 28.1 Å². The van der Waals surface area contributed by atoms with Crippen LogP contribution in [-0.2, 0) is 4.74 Å². The zero-order valence-corrected chi connectivity index (χ0v) is 12.9. The highest BCUT2D eigenvalue weighted by atomic mass is 79.9. The second-order valence-electron chi connectivity index (χ2n) is 4.35. The minimum absolute atomic E-state index is 0.351. The first kappa shape index (κ1) is 14.0. The number of nitrogens with zero attached hydrogens (tertiary/aromatic N) is 3. The van der Waals surface area contributed by atoms with E-state index in [1.807, 2.05) is 30.3 Å². The maximum atomic E-state index is 5.14. The standard InChI is InChI=1S/C14H13BrN4O2/c1-20-7-6-16-14-18-13(19-21-14)12-10(15)8-9-4-2-3-5-11(9)17-12/h2-5,8H,6-7H2,1H3,(H,16,18,19). The van der Waals surface area contributed by atoms with Gasteiger partial charge in [0.1, 0.15) is 5.69 Å². The van der Waals surface area contributed by atoms with Gasteiger partial charge in [-0.15, -0.1) is 0 Å². The number of anilines is 1. The topological polar surface area (TPSA) is 73.1 Å². The summed E-state index contributed by atoms with van der Waals surface area (Å²) in [6.45, 7) is 1.17. The van der Waals surface area contributed by atoms with Crippen molar-refractivity contribution < 1.29 is 9.26 Å². The maximum Gasteiger partial charge on any atom is 0.321 e. The smallest absolute Gasteiger partial charge is 0.321 e. The van der Waals surface area contributed by atoms with Gasteiger partial charge in [0.25, 0.3) is 0 Å². The Morgan fingerprint density at radius 3 is 3.00 bits per heavy atom. The van der Waals surface area contributed by atoms with Crippen LogP contribution < -0.4 is 5.32 Å². The Hall–Kier alpha value is -1.99. The van der Waals surface area contributed by atoms with Crippen LogP contribution in [0.5, 0.6) is 0 Å². The number of fused-ring (bicyclic) bond motifs is 1. The van der Waals surface area contributed by atoms with Crippen LogP contribution in [0.1, 0.15) is 0 Å². The van der Waals surface area contributed by atoms with E-state index in [9.17, 15) is 0 Å². The quantitative estimate of drug-likeness (QED) is 0.714. The van der Waals surface area contributed by atoms with E-state index in [1.165, 1.54) is 0 Å². The van der Waals surface area contributed by atoms with Gasteiger partial charge in [-0.25, -0.2) is 4.98 Å². The minimum atomic E-state index is 0.351. The molecule has 2 heterocycles. The maximum absolute atomic E-state index is 5.14. The third-order valence-electron chi connectivity index (χ3n) is 2.90. The van der Waals surface area contributed by atoms with Crippen molar-refractivity contribution >= 4 is 32.8 Å². The molecule has 0 saturated carbocycles. The summed E-state index contributed by atoms with van der Waals surface area (Å²) in [5.41, 5.74) is 1.53. The van der Waals surface area contributed by atoms with Crippen molar-refractivity contribution in [1.82, 2.24) is 15.1 Å². The minimum Gasteiger partial charge on any atom is -0.383 e. The lowest BCUT2D eigenvalue weighted by molar-refractivity contribution is 0.210. The van der Waals surface area contributed by atoms with Gasteiger partial charge in [-0.1, -0.05) is 23.4 Å². The summed E-state index contributed by atoms with van der Waals surface area (Å²) in [4.78, 5) is 8.85. The molecule has 6 nitrogen and oxygen atoms in total. The number of benzene rings is 1. The van der Waals surface area contributed by atoms with Crippen LogP contribution in [0.15, 0.2) is 39.3 Å². The van der Waals surface area contributed by atoms with Gasteiger partial charge in [0.2, 0.25) is 5.82 Å². The van der Waals surface area contributed by atoms with Crippen LogP contribution in [-0.4, -0.2) is 35.4 Å². The van der Waals surface area contributed by atoms with E-state index in [1.54, 1.807) is 7.11 Å². The Kier molecular flexibility index (Phi) is 4.12. The molecule has 0 saturated heterocycles. The Balaban J connectivity index is 1.91. The number of nitrogens with one attached hydrogen (secondary N) is 1. The average molecular weight is 349 g/mol. The highest BCUT2D eigenvalue weighted by molar-refractivity contribution is 9.10. The first-order chi connectivity index (χ1) is 10.3. The van der Waals surface area contributed by atoms with Gasteiger partial charge < -0.3 is 14.6 Å². The highest BCUT2D eigenvalue weighted by Crippen LogP contribution is 2.28. The summed E-state index contributed by atoms with van der Waals surface area (Å²) >= 11 is 3.50. The Morgan fingerprint density at radius 2 is 2.14 bits per heavy atom. The predicted molar refractivity (Wildman–Crippen MR) is 83.1 cm³/mol. The lowest BCUT2D eigenvalue weighted by atomic mass is 10.2. The lowest BCUT2D eigenvalue weighted by Crippen LogP contribution is -2.07. The van der Waals surface area contributed by atoms with Crippen LogP contribution in [0, 0.1) is 0 Å². The molecule has 3 rings (SSSR count). The van der Waals surface area contributed by atoms with E-state index < -0.39 is 0 Å². The SMILES string of the molecule is COCCNc1nc(-c2nc3ccccc3cc2Br)no1. The number of aromatic nitrogens is 3. The second kappa shape index (κ2) is 6.19. The van der Waals surface area contributed by atoms with Crippen LogP contribution >= 0.6 is 15.9 Å². The Morgan fingerprint density at radius 1 is 1.29 bits per heavy atom. The molecule has 108 valence electrons. The van der Waals surface area contributed by atoms with Crippen molar-refractivity contribution in [2.75, 3.05) is 25.6 Å². The zero-order chi connectivity index (χ0) is 14.7. The fraction of sp³-hybridized carbons (Fsp3) is 0.214. The number of hydrogen-bond acceptors (Lipinski definition) is 6. The van der Waals surface area contributed by atoms with Crippen molar-refractivity contribution in [3.63, 3.8) is 0 Å². The zero-order valence-electron chi connectivity index (χ0n) is 11.3. The van der Waals surface area contributed by atoms with Crippen molar-refractivity contribution in [3.8, 4) is 11.5 Å². The molecular formula is C14H13BrN4O2. The molecule has 0 radical (unpaired) electrons. The summed E-state index contributed by atoms with van der Waals surface area (Å²) in [5, 5.41) is 7.99. The number of rotatable bonds is 5. The van der Waals surface area contributed by atoms with Gasteiger partial charge in [0.05, 0.1) is 12.1 Å². The predicted octanol–water partition coefficient (Wildman–Crippen LogP) is 3.11. The molecule has 3 aromatic rings. The summed E-state index contributed by atoms with van der Waals surface area (Å²) in [6.07, 6.45) is 0. The largest absolute Gasteiger partial charge is 0.383 e. The molecule has 1 N–H and O–H groups in total. The highest BCUT2D eigenvalue weighted by Gasteiger charge is 2.14. The molecule has 21 heavy (non-hydrogen) atoms. The lowest BCUT2D eigenvalue weighted by Gasteiger charge is -2.02. The summed E-state index contributed by atoms with van der Waals surface area (Å²) in [6, 6.07) is 10.2. The van der Waals surface area contributed by atoms with E-state index in [0.29, 0.717) is 30.7 Å². The number of para-hydroxylation sites is 1.